The molecule has 10 heteroatoms. The maximum atomic E-state index is 12.8. The number of hydrogen-bond donors (Lipinski definition) is 1. The Bertz CT molecular complexity index is 1150. The number of anilines is 1. The summed E-state index contributed by atoms with van der Waals surface area (Å²) in [6.07, 6.45) is 2.56. The van der Waals surface area contributed by atoms with Gasteiger partial charge >= 0.3 is 0 Å². The van der Waals surface area contributed by atoms with E-state index in [0.717, 1.165) is 22.5 Å². The molecule has 1 aliphatic heterocycles. The van der Waals surface area contributed by atoms with Gasteiger partial charge in [-0.05, 0) is 36.8 Å². The Morgan fingerprint density at radius 3 is 2.45 bits per heavy atom. The van der Waals surface area contributed by atoms with Gasteiger partial charge in [0.25, 0.3) is 5.91 Å². The van der Waals surface area contributed by atoms with Crippen molar-refractivity contribution in [2.45, 2.75) is 18.2 Å². The molecular formula is C19H21N5O3S2. The molecule has 0 radical (unpaired) electrons. The largest absolute Gasteiger partial charge is 0.352 e. The number of sulfonamides is 1. The van der Waals surface area contributed by atoms with Crippen molar-refractivity contribution in [2.75, 3.05) is 31.1 Å². The average molecular weight is 432 g/mol. The summed E-state index contributed by atoms with van der Waals surface area (Å²) in [7, 11) is -3.77. The number of nitrogens with zero attached hydrogens (tertiary/aromatic N) is 4. The molecule has 1 amide bonds. The SMILES string of the molecule is CCc1cc2c(N3CCN(C(=O)c4ccc(S(N)(=O)=O)cc4)CC3)ncnc2s1. The lowest BCUT2D eigenvalue weighted by atomic mass is 10.2. The number of nitrogens with two attached hydrogens (primary N) is 1. The normalized spacial score (nSPS) is 15.1. The monoisotopic (exact) mass is 431 g/mol. The highest BCUT2D eigenvalue weighted by atomic mass is 32.2. The Morgan fingerprint density at radius 2 is 1.83 bits per heavy atom. The first-order valence-electron chi connectivity index (χ1n) is 9.27. The van der Waals surface area contributed by atoms with Crippen LogP contribution in [0.25, 0.3) is 10.2 Å². The number of fused-ring (bicyclic) bond motifs is 1. The van der Waals surface area contributed by atoms with Crippen molar-refractivity contribution in [3.8, 4) is 0 Å². The van der Waals surface area contributed by atoms with Crippen LogP contribution in [0.4, 0.5) is 5.82 Å². The molecule has 8 nitrogen and oxygen atoms in total. The number of amides is 1. The van der Waals surface area contributed by atoms with Crippen molar-refractivity contribution in [1.82, 2.24) is 14.9 Å². The van der Waals surface area contributed by atoms with E-state index in [1.54, 1.807) is 22.6 Å². The predicted octanol–water partition coefficient (Wildman–Crippen LogP) is 1.86. The molecule has 2 N–H and O–H groups in total. The number of carbonyl (C=O) groups is 1. The minimum atomic E-state index is -3.77. The third-order valence-electron chi connectivity index (χ3n) is 5.00. The molecule has 3 aromatic rings. The summed E-state index contributed by atoms with van der Waals surface area (Å²) in [6, 6.07) is 7.87. The van der Waals surface area contributed by atoms with Crippen LogP contribution in [0.3, 0.4) is 0 Å². The molecule has 0 bridgehead atoms. The highest BCUT2D eigenvalue weighted by Crippen LogP contribution is 2.31. The van der Waals surface area contributed by atoms with Gasteiger partial charge in [-0.15, -0.1) is 11.3 Å². The highest BCUT2D eigenvalue weighted by molar-refractivity contribution is 7.89. The maximum absolute atomic E-state index is 12.8. The summed E-state index contributed by atoms with van der Waals surface area (Å²) in [5.41, 5.74) is 0.445. The molecule has 1 fully saturated rings. The van der Waals surface area contributed by atoms with E-state index in [0.29, 0.717) is 31.7 Å². The van der Waals surface area contributed by atoms with Crippen LogP contribution in [0.15, 0.2) is 41.6 Å². The van der Waals surface area contributed by atoms with Crippen molar-refractivity contribution in [3.05, 3.63) is 47.1 Å². The summed E-state index contributed by atoms with van der Waals surface area (Å²) in [4.78, 5) is 27.8. The Kier molecular flexibility index (Phi) is 5.24. The van der Waals surface area contributed by atoms with Crippen molar-refractivity contribution in [2.24, 2.45) is 5.14 Å². The minimum absolute atomic E-state index is 0.00569. The molecule has 0 unspecified atom stereocenters. The third-order valence-corrected chi connectivity index (χ3v) is 7.12. The summed E-state index contributed by atoms with van der Waals surface area (Å²) in [6.45, 7) is 4.59. The standard InChI is InChI=1S/C19H21N5O3S2/c1-2-14-11-16-17(21-12-22-18(16)28-14)23-7-9-24(10-8-23)19(25)13-3-5-15(6-4-13)29(20,26)27/h3-6,11-12H,2,7-10H2,1H3,(H2,20,26,27). The molecule has 0 aliphatic carbocycles. The molecular weight excluding hydrogens is 410 g/mol. The van der Waals surface area contributed by atoms with E-state index in [2.05, 4.69) is 27.9 Å². The van der Waals surface area contributed by atoms with E-state index in [9.17, 15) is 13.2 Å². The molecule has 0 atom stereocenters. The summed E-state index contributed by atoms with van der Waals surface area (Å²) in [5.74, 6) is 0.790. The zero-order chi connectivity index (χ0) is 20.6. The number of carbonyl (C=O) groups excluding carboxylic acids is 1. The quantitative estimate of drug-likeness (QED) is 0.675. The van der Waals surface area contributed by atoms with Gasteiger partial charge in [0.2, 0.25) is 10.0 Å². The Morgan fingerprint density at radius 1 is 1.14 bits per heavy atom. The van der Waals surface area contributed by atoms with Crippen LogP contribution >= 0.6 is 11.3 Å². The summed E-state index contributed by atoms with van der Waals surface area (Å²) < 4.78 is 22.7. The second-order valence-corrected chi connectivity index (χ2v) is 9.51. The molecule has 4 rings (SSSR count). The van der Waals surface area contributed by atoms with Gasteiger partial charge in [0.1, 0.15) is 17.0 Å². The van der Waals surface area contributed by atoms with E-state index in [1.165, 1.54) is 29.1 Å². The van der Waals surface area contributed by atoms with Crippen molar-refractivity contribution < 1.29 is 13.2 Å². The number of primary sulfonamides is 1. The fraction of sp³-hybridized carbons (Fsp3) is 0.316. The first kappa shape index (κ1) is 19.7. The van der Waals surface area contributed by atoms with E-state index in [4.69, 9.17) is 5.14 Å². The molecule has 0 saturated carbocycles. The van der Waals surface area contributed by atoms with Crippen molar-refractivity contribution in [3.63, 3.8) is 0 Å². The van der Waals surface area contributed by atoms with Gasteiger partial charge in [-0.1, -0.05) is 6.92 Å². The number of thiophene rings is 1. The van der Waals surface area contributed by atoms with Gasteiger partial charge in [0.15, 0.2) is 0 Å². The lowest BCUT2D eigenvalue weighted by molar-refractivity contribution is 0.0746. The third kappa shape index (κ3) is 3.96. The Labute approximate surface area is 173 Å². The molecule has 3 heterocycles. The van der Waals surface area contributed by atoms with Crippen LogP contribution in [0.1, 0.15) is 22.2 Å². The lowest BCUT2D eigenvalue weighted by Gasteiger charge is -2.35. The number of aromatic nitrogens is 2. The van der Waals surface area contributed by atoms with Gasteiger partial charge in [-0.2, -0.15) is 0 Å². The highest BCUT2D eigenvalue weighted by Gasteiger charge is 2.24. The number of rotatable bonds is 4. The lowest BCUT2D eigenvalue weighted by Crippen LogP contribution is -2.49. The van der Waals surface area contributed by atoms with Crippen molar-refractivity contribution >= 4 is 43.3 Å². The number of benzene rings is 1. The number of hydrogen-bond acceptors (Lipinski definition) is 7. The van der Waals surface area contributed by atoms with Crippen LogP contribution in [-0.2, 0) is 16.4 Å². The Hall–Kier alpha value is -2.56. The zero-order valence-electron chi connectivity index (χ0n) is 15.9. The van der Waals surface area contributed by atoms with E-state index in [-0.39, 0.29) is 10.8 Å². The second-order valence-electron chi connectivity index (χ2n) is 6.83. The molecule has 1 saturated heterocycles. The van der Waals surface area contributed by atoms with Gasteiger partial charge in [0.05, 0.1) is 10.3 Å². The van der Waals surface area contributed by atoms with Crippen molar-refractivity contribution in [1.29, 1.82) is 0 Å². The molecule has 0 spiro atoms. The molecule has 152 valence electrons. The van der Waals surface area contributed by atoms with E-state index >= 15 is 0 Å². The minimum Gasteiger partial charge on any atom is -0.352 e. The van der Waals surface area contributed by atoms with Crippen LogP contribution in [0.5, 0.6) is 0 Å². The first-order chi connectivity index (χ1) is 13.9. The summed E-state index contributed by atoms with van der Waals surface area (Å²) >= 11 is 1.69. The number of piperazine rings is 1. The molecule has 2 aromatic heterocycles. The fourth-order valence-corrected chi connectivity index (χ4v) is 4.86. The molecule has 1 aliphatic rings. The topological polar surface area (TPSA) is 109 Å². The first-order valence-corrected chi connectivity index (χ1v) is 11.6. The summed E-state index contributed by atoms with van der Waals surface area (Å²) in [5, 5.41) is 6.17. The van der Waals surface area contributed by atoms with E-state index in [1.807, 2.05) is 0 Å². The van der Waals surface area contributed by atoms with Gasteiger partial charge in [0, 0.05) is 36.6 Å². The van der Waals surface area contributed by atoms with Crippen LogP contribution in [0, 0.1) is 0 Å². The van der Waals surface area contributed by atoms with Crippen LogP contribution < -0.4 is 10.0 Å². The average Bonchev–Trinajstić information content (AvgIpc) is 3.16. The van der Waals surface area contributed by atoms with Gasteiger partial charge < -0.3 is 9.80 Å². The zero-order valence-corrected chi connectivity index (χ0v) is 17.5. The second kappa shape index (κ2) is 7.69. The Balaban J connectivity index is 1.47. The molecule has 29 heavy (non-hydrogen) atoms. The van der Waals surface area contributed by atoms with Gasteiger partial charge in [-0.3, -0.25) is 4.79 Å². The van der Waals surface area contributed by atoms with Gasteiger partial charge in [-0.25, -0.2) is 23.5 Å². The van der Waals surface area contributed by atoms with Crippen LogP contribution in [0.2, 0.25) is 0 Å². The predicted molar refractivity (Wildman–Crippen MR) is 113 cm³/mol. The molecule has 1 aromatic carbocycles. The fourth-order valence-electron chi connectivity index (χ4n) is 3.41. The van der Waals surface area contributed by atoms with Crippen LogP contribution in [-0.4, -0.2) is 55.4 Å². The van der Waals surface area contributed by atoms with E-state index < -0.39 is 10.0 Å². The number of aryl methyl sites for hydroxylation is 1. The maximum Gasteiger partial charge on any atom is 0.253 e. The smallest absolute Gasteiger partial charge is 0.253 e.